The van der Waals surface area contributed by atoms with E-state index < -0.39 is 10.8 Å². The van der Waals surface area contributed by atoms with Crippen molar-refractivity contribution in [3.05, 3.63) is 0 Å². The average molecular weight is 205 g/mol. The highest BCUT2D eigenvalue weighted by Crippen LogP contribution is 2.03. The molecule has 13 heavy (non-hydrogen) atoms. The van der Waals surface area contributed by atoms with Crippen LogP contribution in [0.5, 0.6) is 0 Å². The molecule has 0 bridgehead atoms. The molecule has 0 aliphatic rings. The van der Waals surface area contributed by atoms with Crippen LogP contribution in [0.3, 0.4) is 0 Å². The highest BCUT2D eigenvalue weighted by Gasteiger charge is 2.04. The molecule has 2 nitrogen and oxygen atoms in total. The Morgan fingerprint density at radius 1 is 1.23 bits per heavy atom. The Morgan fingerprint density at radius 2 is 1.77 bits per heavy atom. The molecule has 0 fully saturated rings. The molecule has 0 rings (SSSR count). The second-order valence-electron chi connectivity index (χ2n) is 3.51. The van der Waals surface area contributed by atoms with Crippen LogP contribution in [0.1, 0.15) is 39.5 Å². The fraction of sp³-hybridized carbons (Fsp3) is 1.00. The van der Waals surface area contributed by atoms with Gasteiger partial charge in [0.2, 0.25) is 0 Å². The molecule has 0 saturated heterocycles. The molecule has 0 heterocycles. The molecule has 0 spiro atoms. The summed E-state index contributed by atoms with van der Waals surface area (Å²) in [6.45, 7) is 5.32. The van der Waals surface area contributed by atoms with Gasteiger partial charge < -0.3 is 5.32 Å². The third-order valence-electron chi connectivity index (χ3n) is 2.10. The van der Waals surface area contributed by atoms with E-state index in [1.807, 2.05) is 0 Å². The van der Waals surface area contributed by atoms with Gasteiger partial charge in [0.05, 0.1) is 0 Å². The molecule has 3 heteroatoms. The van der Waals surface area contributed by atoms with Crippen LogP contribution in [-0.4, -0.2) is 28.8 Å². The van der Waals surface area contributed by atoms with Crippen molar-refractivity contribution in [1.29, 1.82) is 0 Å². The fourth-order valence-electron chi connectivity index (χ4n) is 1.45. The summed E-state index contributed by atoms with van der Waals surface area (Å²) in [5, 5.41) is 3.46. The Morgan fingerprint density at radius 3 is 2.15 bits per heavy atom. The number of hydrogen-bond acceptors (Lipinski definition) is 2. The Labute approximate surface area is 84.9 Å². The van der Waals surface area contributed by atoms with Crippen molar-refractivity contribution >= 4 is 10.8 Å². The Balaban J connectivity index is 3.49. The highest BCUT2D eigenvalue weighted by molar-refractivity contribution is 7.84. The van der Waals surface area contributed by atoms with Gasteiger partial charge in [-0.25, -0.2) is 0 Å². The maximum absolute atomic E-state index is 10.8. The summed E-state index contributed by atoms with van der Waals surface area (Å²) in [6.07, 6.45) is 6.70. The molecule has 0 aliphatic carbocycles. The van der Waals surface area contributed by atoms with Gasteiger partial charge in [-0.1, -0.05) is 26.7 Å². The number of rotatable bonds is 8. The summed E-state index contributed by atoms with van der Waals surface area (Å²) in [6, 6.07) is 0.638. The zero-order chi connectivity index (χ0) is 10.1. The van der Waals surface area contributed by atoms with Crippen molar-refractivity contribution < 1.29 is 4.21 Å². The Bertz CT molecular complexity index is 133. The maximum atomic E-state index is 10.8. The van der Waals surface area contributed by atoms with E-state index in [4.69, 9.17) is 0 Å². The minimum Gasteiger partial charge on any atom is -0.313 e. The molecule has 0 radical (unpaired) electrons. The van der Waals surface area contributed by atoms with Gasteiger partial charge in [0.1, 0.15) is 0 Å². The first-order valence-corrected chi connectivity index (χ1v) is 6.96. The lowest BCUT2D eigenvalue weighted by Gasteiger charge is -2.16. The van der Waals surface area contributed by atoms with E-state index in [1.165, 1.54) is 25.7 Å². The van der Waals surface area contributed by atoms with Gasteiger partial charge in [0.25, 0.3) is 0 Å². The lowest BCUT2D eigenvalue weighted by atomic mass is 10.1. The maximum Gasteiger partial charge on any atom is 0.0357 e. The highest BCUT2D eigenvalue weighted by atomic mass is 32.2. The van der Waals surface area contributed by atoms with Crippen molar-refractivity contribution in [3.8, 4) is 0 Å². The summed E-state index contributed by atoms with van der Waals surface area (Å²) in [4.78, 5) is 0. The largest absolute Gasteiger partial charge is 0.313 e. The van der Waals surface area contributed by atoms with Crippen molar-refractivity contribution in [1.82, 2.24) is 5.32 Å². The topological polar surface area (TPSA) is 29.1 Å². The molecule has 0 aliphatic heterocycles. The van der Waals surface area contributed by atoms with E-state index in [-0.39, 0.29) is 0 Å². The molecule has 0 aromatic rings. The van der Waals surface area contributed by atoms with Gasteiger partial charge in [-0.3, -0.25) is 4.21 Å². The molecule has 0 aromatic carbocycles. The van der Waals surface area contributed by atoms with Crippen LogP contribution in [0.25, 0.3) is 0 Å². The molecular formula is C10H23NOS. The second-order valence-corrected chi connectivity index (χ2v) is 5.06. The SMILES string of the molecule is CCCC(CCC)NCCS(C)=O. The van der Waals surface area contributed by atoms with Gasteiger partial charge in [0.15, 0.2) is 0 Å². The van der Waals surface area contributed by atoms with E-state index in [9.17, 15) is 4.21 Å². The zero-order valence-electron chi connectivity index (χ0n) is 9.14. The second kappa shape index (κ2) is 8.70. The lowest BCUT2D eigenvalue weighted by Crippen LogP contribution is -2.32. The molecule has 1 unspecified atom stereocenters. The van der Waals surface area contributed by atoms with Gasteiger partial charge in [-0.2, -0.15) is 0 Å². The quantitative estimate of drug-likeness (QED) is 0.656. The number of hydrogen-bond donors (Lipinski definition) is 1. The van der Waals surface area contributed by atoms with Crippen LogP contribution in [0.15, 0.2) is 0 Å². The predicted octanol–water partition coefficient (Wildman–Crippen LogP) is 1.92. The van der Waals surface area contributed by atoms with Crippen LogP contribution in [0, 0.1) is 0 Å². The molecule has 0 amide bonds. The van der Waals surface area contributed by atoms with E-state index in [1.54, 1.807) is 6.26 Å². The van der Waals surface area contributed by atoms with Crippen LogP contribution >= 0.6 is 0 Å². The zero-order valence-corrected chi connectivity index (χ0v) is 9.95. The van der Waals surface area contributed by atoms with Crippen molar-refractivity contribution in [3.63, 3.8) is 0 Å². The minimum absolute atomic E-state index is 0.638. The van der Waals surface area contributed by atoms with Gasteiger partial charge >= 0.3 is 0 Å². The normalized spacial score (nSPS) is 13.5. The van der Waals surface area contributed by atoms with Gasteiger partial charge in [-0.05, 0) is 12.8 Å². The minimum atomic E-state index is -0.652. The van der Waals surface area contributed by atoms with Crippen molar-refractivity contribution in [2.45, 2.75) is 45.6 Å². The van der Waals surface area contributed by atoms with Crippen LogP contribution < -0.4 is 5.32 Å². The number of nitrogens with one attached hydrogen (secondary N) is 1. The van der Waals surface area contributed by atoms with Gasteiger partial charge in [-0.15, -0.1) is 0 Å². The first kappa shape index (κ1) is 13.1. The lowest BCUT2D eigenvalue weighted by molar-refractivity contribution is 0.456. The summed E-state index contributed by atoms with van der Waals surface area (Å²) < 4.78 is 10.8. The third kappa shape index (κ3) is 8.44. The monoisotopic (exact) mass is 205 g/mol. The molecule has 80 valence electrons. The van der Waals surface area contributed by atoms with E-state index in [0.29, 0.717) is 6.04 Å². The van der Waals surface area contributed by atoms with Crippen molar-refractivity contribution in [2.75, 3.05) is 18.6 Å². The Hall–Kier alpha value is 0.110. The smallest absolute Gasteiger partial charge is 0.0357 e. The molecular weight excluding hydrogens is 182 g/mol. The molecule has 0 aromatic heterocycles. The summed E-state index contributed by atoms with van der Waals surface area (Å²) in [5.41, 5.74) is 0. The van der Waals surface area contributed by atoms with Crippen molar-refractivity contribution in [2.24, 2.45) is 0 Å². The van der Waals surface area contributed by atoms with E-state index >= 15 is 0 Å². The summed E-state index contributed by atoms with van der Waals surface area (Å²) in [5.74, 6) is 0.782. The molecule has 0 saturated carbocycles. The summed E-state index contributed by atoms with van der Waals surface area (Å²) >= 11 is 0. The van der Waals surface area contributed by atoms with Crippen LogP contribution in [0.2, 0.25) is 0 Å². The Kier molecular flexibility index (Phi) is 8.77. The van der Waals surface area contributed by atoms with Gasteiger partial charge in [0, 0.05) is 35.4 Å². The van der Waals surface area contributed by atoms with Crippen LogP contribution in [0.4, 0.5) is 0 Å². The standard InChI is InChI=1S/C10H23NOS/c1-4-6-10(7-5-2)11-8-9-13(3)12/h10-11H,4-9H2,1-3H3. The predicted molar refractivity (Wildman–Crippen MR) is 60.5 cm³/mol. The average Bonchev–Trinajstić information content (AvgIpc) is 2.04. The van der Waals surface area contributed by atoms with Crippen LogP contribution in [-0.2, 0) is 10.8 Å². The van der Waals surface area contributed by atoms with E-state index in [2.05, 4.69) is 19.2 Å². The third-order valence-corrected chi connectivity index (χ3v) is 2.88. The summed E-state index contributed by atoms with van der Waals surface area (Å²) in [7, 11) is -0.652. The first-order chi connectivity index (χ1) is 6.20. The van der Waals surface area contributed by atoms with E-state index in [0.717, 1.165) is 12.3 Å². The molecule has 1 N–H and O–H groups in total. The molecule has 1 atom stereocenters. The fourth-order valence-corrected chi connectivity index (χ4v) is 1.86. The first-order valence-electron chi connectivity index (χ1n) is 5.24.